The Labute approximate surface area is 108 Å². The number of hydrogen-bond donors (Lipinski definition) is 1. The number of nitrogens with zero attached hydrogens (tertiary/aromatic N) is 3. The van der Waals surface area contributed by atoms with Gasteiger partial charge in [0.25, 0.3) is 0 Å². The van der Waals surface area contributed by atoms with E-state index in [0.29, 0.717) is 24.0 Å². The summed E-state index contributed by atoms with van der Waals surface area (Å²) >= 11 is 0. The lowest BCUT2D eigenvalue weighted by atomic mass is 10.0. The third-order valence-corrected chi connectivity index (χ3v) is 3.62. The van der Waals surface area contributed by atoms with Crippen LogP contribution in [-0.2, 0) is 6.42 Å². The highest BCUT2D eigenvalue weighted by Gasteiger charge is 2.19. The van der Waals surface area contributed by atoms with Crippen molar-refractivity contribution in [2.75, 3.05) is 25.5 Å². The second-order valence-corrected chi connectivity index (χ2v) is 4.85. The molecule has 0 amide bonds. The van der Waals surface area contributed by atoms with Crippen molar-refractivity contribution in [2.45, 2.75) is 38.6 Å². The highest BCUT2D eigenvalue weighted by atomic mass is 19.1. The van der Waals surface area contributed by atoms with E-state index in [-0.39, 0.29) is 5.82 Å². The molecule has 0 aromatic carbocycles. The van der Waals surface area contributed by atoms with Crippen LogP contribution in [0.25, 0.3) is 0 Å². The molecule has 1 aromatic heterocycles. The summed E-state index contributed by atoms with van der Waals surface area (Å²) in [5, 5.41) is 3.12. The Bertz CT molecular complexity index is 397. The Hall–Kier alpha value is -1.23. The van der Waals surface area contributed by atoms with Gasteiger partial charge >= 0.3 is 0 Å². The van der Waals surface area contributed by atoms with Crippen molar-refractivity contribution >= 4 is 5.82 Å². The topological polar surface area (TPSA) is 41.1 Å². The van der Waals surface area contributed by atoms with Gasteiger partial charge in [-0.3, -0.25) is 0 Å². The average molecular weight is 252 g/mol. The first kappa shape index (κ1) is 13.2. The molecular formula is C13H21FN4. The van der Waals surface area contributed by atoms with Gasteiger partial charge in [0.1, 0.15) is 6.33 Å². The largest absolute Gasteiger partial charge is 0.366 e. The van der Waals surface area contributed by atoms with E-state index in [1.165, 1.54) is 19.2 Å². The van der Waals surface area contributed by atoms with Gasteiger partial charge in [-0.05, 0) is 32.9 Å². The van der Waals surface area contributed by atoms with Crippen molar-refractivity contribution in [2.24, 2.45) is 0 Å². The Morgan fingerprint density at radius 2 is 2.28 bits per heavy atom. The van der Waals surface area contributed by atoms with E-state index in [1.807, 2.05) is 6.92 Å². The predicted molar refractivity (Wildman–Crippen MR) is 70.1 cm³/mol. The lowest BCUT2D eigenvalue weighted by molar-refractivity contribution is 0.194. The lowest BCUT2D eigenvalue weighted by Crippen LogP contribution is -2.41. The molecule has 1 aliphatic rings. The summed E-state index contributed by atoms with van der Waals surface area (Å²) in [6.07, 6.45) is 5.69. The first-order valence-corrected chi connectivity index (χ1v) is 6.65. The molecule has 5 heteroatoms. The molecule has 1 aromatic rings. The second kappa shape index (κ2) is 6.09. The lowest BCUT2D eigenvalue weighted by Gasteiger charge is -2.32. The number of likely N-dealkylation sites (N-methyl/N-ethyl adjacent to an activating group) is 1. The van der Waals surface area contributed by atoms with E-state index in [2.05, 4.69) is 27.2 Å². The fourth-order valence-corrected chi connectivity index (χ4v) is 2.39. The summed E-state index contributed by atoms with van der Waals surface area (Å²) < 4.78 is 13.9. The molecule has 0 saturated carbocycles. The fraction of sp³-hybridized carbons (Fsp3) is 0.692. The van der Waals surface area contributed by atoms with Crippen molar-refractivity contribution in [3.05, 3.63) is 17.8 Å². The number of likely N-dealkylation sites (tertiary alicyclic amines) is 1. The SMILES string of the molecule is CCc1ncnc(NCC2CCCCN2C)c1F. The van der Waals surface area contributed by atoms with Crippen molar-refractivity contribution in [3.63, 3.8) is 0 Å². The fourth-order valence-electron chi connectivity index (χ4n) is 2.39. The van der Waals surface area contributed by atoms with Crippen LogP contribution in [-0.4, -0.2) is 41.0 Å². The van der Waals surface area contributed by atoms with Crippen LogP contribution in [0.1, 0.15) is 31.9 Å². The Kier molecular flexibility index (Phi) is 4.47. The van der Waals surface area contributed by atoms with Crippen LogP contribution in [0.15, 0.2) is 6.33 Å². The van der Waals surface area contributed by atoms with Crippen LogP contribution in [0.2, 0.25) is 0 Å². The molecule has 100 valence electrons. The quantitative estimate of drug-likeness (QED) is 0.890. The Morgan fingerprint density at radius 1 is 1.44 bits per heavy atom. The number of aromatic nitrogens is 2. The number of nitrogens with one attached hydrogen (secondary N) is 1. The van der Waals surface area contributed by atoms with Gasteiger partial charge in [0.15, 0.2) is 11.6 Å². The number of piperidine rings is 1. The van der Waals surface area contributed by atoms with E-state index >= 15 is 0 Å². The maximum absolute atomic E-state index is 13.9. The maximum atomic E-state index is 13.9. The smallest absolute Gasteiger partial charge is 0.186 e. The number of hydrogen-bond acceptors (Lipinski definition) is 4. The van der Waals surface area contributed by atoms with Crippen LogP contribution >= 0.6 is 0 Å². The highest BCUT2D eigenvalue weighted by molar-refractivity contribution is 5.37. The number of aryl methyl sites for hydroxylation is 1. The van der Waals surface area contributed by atoms with Gasteiger partial charge in [0.2, 0.25) is 0 Å². The summed E-state index contributed by atoms with van der Waals surface area (Å²) in [6.45, 7) is 3.76. The van der Waals surface area contributed by atoms with Gasteiger partial charge in [-0.25, -0.2) is 14.4 Å². The van der Waals surface area contributed by atoms with Gasteiger partial charge in [-0.1, -0.05) is 13.3 Å². The van der Waals surface area contributed by atoms with E-state index in [0.717, 1.165) is 19.5 Å². The molecule has 18 heavy (non-hydrogen) atoms. The van der Waals surface area contributed by atoms with Crippen LogP contribution < -0.4 is 5.32 Å². The molecule has 0 spiro atoms. The minimum atomic E-state index is -0.307. The van der Waals surface area contributed by atoms with Crippen LogP contribution in [0, 0.1) is 5.82 Å². The second-order valence-electron chi connectivity index (χ2n) is 4.85. The van der Waals surface area contributed by atoms with Crippen LogP contribution in [0.5, 0.6) is 0 Å². The highest BCUT2D eigenvalue weighted by Crippen LogP contribution is 2.17. The van der Waals surface area contributed by atoms with Gasteiger partial charge in [0.05, 0.1) is 5.69 Å². The zero-order chi connectivity index (χ0) is 13.0. The minimum Gasteiger partial charge on any atom is -0.366 e. The third-order valence-electron chi connectivity index (χ3n) is 3.62. The molecular weight excluding hydrogens is 231 g/mol. The third kappa shape index (κ3) is 2.96. The standard InChI is InChI=1S/C13H21FN4/c1-3-11-12(14)13(17-9-16-11)15-8-10-6-4-5-7-18(10)2/h9-10H,3-8H2,1-2H3,(H,15,16,17). The van der Waals surface area contributed by atoms with Crippen molar-refractivity contribution < 1.29 is 4.39 Å². The summed E-state index contributed by atoms with van der Waals surface area (Å²) in [4.78, 5) is 10.2. The molecule has 1 atom stereocenters. The molecule has 1 saturated heterocycles. The molecule has 1 N–H and O–H groups in total. The summed E-state index contributed by atoms with van der Waals surface area (Å²) in [5.74, 6) is 0.0271. The zero-order valence-electron chi connectivity index (χ0n) is 11.1. The summed E-state index contributed by atoms with van der Waals surface area (Å²) in [5.41, 5.74) is 0.476. The number of halogens is 1. The van der Waals surface area contributed by atoms with Gasteiger partial charge in [-0.15, -0.1) is 0 Å². The first-order valence-electron chi connectivity index (χ1n) is 6.65. The Balaban J connectivity index is 1.97. The molecule has 0 bridgehead atoms. The minimum absolute atomic E-state index is 0.307. The molecule has 2 heterocycles. The van der Waals surface area contributed by atoms with E-state index < -0.39 is 0 Å². The normalized spacial score (nSPS) is 20.9. The molecule has 2 rings (SSSR count). The molecule has 0 aliphatic carbocycles. The van der Waals surface area contributed by atoms with Crippen LogP contribution in [0.3, 0.4) is 0 Å². The molecule has 1 aliphatic heterocycles. The molecule has 0 radical (unpaired) electrons. The van der Waals surface area contributed by atoms with Gasteiger partial charge in [0, 0.05) is 12.6 Å². The van der Waals surface area contributed by atoms with E-state index in [4.69, 9.17) is 0 Å². The average Bonchev–Trinajstić information content (AvgIpc) is 2.39. The maximum Gasteiger partial charge on any atom is 0.186 e. The summed E-state index contributed by atoms with van der Waals surface area (Å²) in [6, 6.07) is 0.471. The zero-order valence-corrected chi connectivity index (χ0v) is 11.1. The van der Waals surface area contributed by atoms with Crippen molar-refractivity contribution in [1.82, 2.24) is 14.9 Å². The van der Waals surface area contributed by atoms with Crippen molar-refractivity contribution in [3.8, 4) is 0 Å². The van der Waals surface area contributed by atoms with Gasteiger partial charge in [-0.2, -0.15) is 0 Å². The van der Waals surface area contributed by atoms with E-state index in [1.54, 1.807) is 0 Å². The molecule has 1 fully saturated rings. The van der Waals surface area contributed by atoms with Gasteiger partial charge < -0.3 is 10.2 Å². The van der Waals surface area contributed by atoms with Crippen LogP contribution in [0.4, 0.5) is 10.2 Å². The Morgan fingerprint density at radius 3 is 3.00 bits per heavy atom. The monoisotopic (exact) mass is 252 g/mol. The summed E-state index contributed by atoms with van der Waals surface area (Å²) in [7, 11) is 2.12. The molecule has 1 unspecified atom stereocenters. The van der Waals surface area contributed by atoms with Crippen molar-refractivity contribution in [1.29, 1.82) is 0 Å². The number of rotatable bonds is 4. The first-order chi connectivity index (χ1) is 8.72. The predicted octanol–water partition coefficient (Wildman–Crippen LogP) is 2.07. The number of anilines is 1. The van der Waals surface area contributed by atoms with E-state index in [9.17, 15) is 4.39 Å². The molecule has 4 nitrogen and oxygen atoms in total.